The smallest absolute Gasteiger partial charge is 0.193 e. The summed E-state index contributed by atoms with van der Waals surface area (Å²) in [5.74, 6) is -0.480. The van der Waals surface area contributed by atoms with Crippen molar-refractivity contribution in [1.29, 1.82) is 0 Å². The van der Waals surface area contributed by atoms with Gasteiger partial charge in [-0.15, -0.1) is 0 Å². The van der Waals surface area contributed by atoms with Crippen LogP contribution in [-0.2, 0) is 0 Å². The third kappa shape index (κ3) is 1.68. The van der Waals surface area contributed by atoms with Gasteiger partial charge in [-0.3, -0.25) is 9.59 Å². The predicted molar refractivity (Wildman–Crippen MR) is 64.4 cm³/mol. The van der Waals surface area contributed by atoms with Gasteiger partial charge < -0.3 is 5.11 Å². The maximum Gasteiger partial charge on any atom is 0.193 e. The lowest BCUT2D eigenvalue weighted by molar-refractivity contribution is 0.0969. The predicted octanol–water partition coefficient (Wildman–Crippen LogP) is 2.89. The number of rotatable bonds is 2. The molecule has 1 N–H and O–H groups in total. The number of hydrogen-bond donors (Lipinski definition) is 1. The number of ketones is 2. The number of carbonyl (C=O) groups excluding carboxylic acids is 2. The van der Waals surface area contributed by atoms with Crippen molar-refractivity contribution in [1.82, 2.24) is 0 Å². The molecule has 0 fully saturated rings. The summed E-state index contributed by atoms with van der Waals surface area (Å²) >= 11 is 0. The summed E-state index contributed by atoms with van der Waals surface area (Å²) in [6.45, 7) is 3.62. The van der Waals surface area contributed by atoms with Gasteiger partial charge in [-0.1, -0.05) is 25.5 Å². The van der Waals surface area contributed by atoms with E-state index >= 15 is 0 Å². The van der Waals surface area contributed by atoms with Gasteiger partial charge >= 0.3 is 0 Å². The van der Waals surface area contributed by atoms with E-state index in [-0.39, 0.29) is 22.9 Å². The Morgan fingerprint density at radius 3 is 2.53 bits per heavy atom. The molecule has 0 radical (unpaired) electrons. The zero-order valence-corrected chi connectivity index (χ0v) is 9.91. The van der Waals surface area contributed by atoms with Crippen LogP contribution >= 0.6 is 0 Å². The first-order valence-electron chi connectivity index (χ1n) is 5.69. The minimum Gasteiger partial charge on any atom is -0.507 e. The van der Waals surface area contributed by atoms with Crippen molar-refractivity contribution in [3.63, 3.8) is 0 Å². The van der Waals surface area contributed by atoms with Crippen molar-refractivity contribution in [3.8, 4) is 5.75 Å². The molecule has 3 nitrogen and oxygen atoms in total. The van der Waals surface area contributed by atoms with Crippen LogP contribution in [0.5, 0.6) is 5.75 Å². The molecule has 0 unspecified atom stereocenters. The first-order valence-corrected chi connectivity index (χ1v) is 5.69. The summed E-state index contributed by atoms with van der Waals surface area (Å²) in [7, 11) is 0. The Hall–Kier alpha value is -1.90. The van der Waals surface area contributed by atoms with Crippen LogP contribution in [0.3, 0.4) is 0 Å². The van der Waals surface area contributed by atoms with Crippen LogP contribution in [0.1, 0.15) is 47.4 Å². The Labute approximate surface area is 99.8 Å². The number of phenolic OH excluding ortho intramolecular Hbond substituents is 1. The molecule has 0 saturated carbocycles. The molecule has 0 amide bonds. The molecule has 1 aromatic carbocycles. The average Bonchev–Trinajstić information content (AvgIpc) is 2.31. The number of phenols is 1. The second kappa shape index (κ2) is 4.17. The Morgan fingerprint density at radius 1 is 1.18 bits per heavy atom. The molecule has 17 heavy (non-hydrogen) atoms. The monoisotopic (exact) mass is 230 g/mol. The van der Waals surface area contributed by atoms with Crippen molar-refractivity contribution in [2.45, 2.75) is 26.7 Å². The molecule has 0 heterocycles. The molecule has 1 aliphatic rings. The zero-order chi connectivity index (χ0) is 12.6. The highest BCUT2D eigenvalue weighted by atomic mass is 16.3. The van der Waals surface area contributed by atoms with Crippen molar-refractivity contribution >= 4 is 11.6 Å². The van der Waals surface area contributed by atoms with Gasteiger partial charge in [-0.2, -0.15) is 0 Å². The van der Waals surface area contributed by atoms with Crippen LogP contribution in [0.15, 0.2) is 29.3 Å². The minimum absolute atomic E-state index is 0.115. The summed E-state index contributed by atoms with van der Waals surface area (Å²) in [6, 6.07) is 4.61. The maximum absolute atomic E-state index is 12.2. The normalized spacial score (nSPS) is 15.2. The highest BCUT2D eigenvalue weighted by Gasteiger charge is 2.31. The summed E-state index contributed by atoms with van der Waals surface area (Å²) in [5.41, 5.74) is 1.51. The van der Waals surface area contributed by atoms with E-state index in [1.54, 1.807) is 19.1 Å². The third-order valence-electron chi connectivity index (χ3n) is 3.08. The molecule has 88 valence electrons. The van der Waals surface area contributed by atoms with Crippen LogP contribution in [0, 0.1) is 0 Å². The van der Waals surface area contributed by atoms with Crippen LogP contribution in [0.25, 0.3) is 0 Å². The molecule has 3 heteroatoms. The molecule has 0 atom stereocenters. The summed E-state index contributed by atoms with van der Waals surface area (Å²) < 4.78 is 0. The maximum atomic E-state index is 12.2. The van der Waals surface area contributed by atoms with Crippen LogP contribution < -0.4 is 0 Å². The molecule has 2 rings (SSSR count). The SMILES string of the molecule is CCCC1=C(C)C(=O)c2c(O)cccc2C1=O. The Bertz CT molecular complexity index is 538. The van der Waals surface area contributed by atoms with Crippen LogP contribution in [0.2, 0.25) is 0 Å². The number of hydrogen-bond acceptors (Lipinski definition) is 3. The number of benzene rings is 1. The molecule has 0 aliphatic heterocycles. The zero-order valence-electron chi connectivity index (χ0n) is 9.91. The number of fused-ring (bicyclic) bond motifs is 1. The van der Waals surface area contributed by atoms with Gasteiger partial charge in [0.2, 0.25) is 0 Å². The molecule has 0 aromatic heterocycles. The number of allylic oxidation sites excluding steroid dienone is 2. The average molecular weight is 230 g/mol. The summed E-state index contributed by atoms with van der Waals surface area (Å²) in [5, 5.41) is 9.68. The standard InChI is InChI=1S/C14H14O3/c1-3-5-9-8(2)13(16)12-10(14(9)17)6-4-7-11(12)15/h4,6-7,15H,3,5H2,1-2H3. The van der Waals surface area contributed by atoms with Gasteiger partial charge in [0.15, 0.2) is 11.6 Å². The van der Waals surface area contributed by atoms with E-state index in [1.807, 2.05) is 6.92 Å². The van der Waals surface area contributed by atoms with E-state index in [0.717, 1.165) is 6.42 Å². The molecule has 1 aliphatic carbocycles. The van der Waals surface area contributed by atoms with E-state index in [9.17, 15) is 14.7 Å². The van der Waals surface area contributed by atoms with E-state index in [4.69, 9.17) is 0 Å². The first kappa shape index (κ1) is 11.6. The Balaban J connectivity index is 2.65. The molecule has 0 saturated heterocycles. The second-order valence-corrected chi connectivity index (χ2v) is 4.21. The largest absolute Gasteiger partial charge is 0.507 e. The van der Waals surface area contributed by atoms with E-state index in [0.29, 0.717) is 23.1 Å². The second-order valence-electron chi connectivity index (χ2n) is 4.21. The number of Topliss-reactive ketones (excluding diaryl/α,β-unsaturated/α-hetero) is 2. The quantitative estimate of drug-likeness (QED) is 0.849. The fraction of sp³-hybridized carbons (Fsp3) is 0.286. The van der Waals surface area contributed by atoms with Gasteiger partial charge in [-0.25, -0.2) is 0 Å². The number of carbonyl (C=O) groups is 2. The Kier molecular flexibility index (Phi) is 2.84. The molecular formula is C14H14O3. The molecule has 1 aromatic rings. The van der Waals surface area contributed by atoms with Crippen molar-refractivity contribution in [3.05, 3.63) is 40.5 Å². The highest BCUT2D eigenvalue weighted by Crippen LogP contribution is 2.33. The highest BCUT2D eigenvalue weighted by molar-refractivity contribution is 6.27. The van der Waals surface area contributed by atoms with Gasteiger partial charge in [0.05, 0.1) is 5.56 Å². The third-order valence-corrected chi connectivity index (χ3v) is 3.08. The van der Waals surface area contributed by atoms with Gasteiger partial charge in [0.25, 0.3) is 0 Å². The fourth-order valence-electron chi connectivity index (χ4n) is 2.18. The Morgan fingerprint density at radius 2 is 1.88 bits per heavy atom. The van der Waals surface area contributed by atoms with Crippen molar-refractivity contribution in [2.75, 3.05) is 0 Å². The molecule has 0 spiro atoms. The number of aromatic hydroxyl groups is 1. The molecular weight excluding hydrogens is 216 g/mol. The molecule has 0 bridgehead atoms. The lowest BCUT2D eigenvalue weighted by atomic mass is 9.82. The van der Waals surface area contributed by atoms with E-state index in [1.165, 1.54) is 6.07 Å². The minimum atomic E-state index is -0.235. The fourth-order valence-corrected chi connectivity index (χ4v) is 2.18. The van der Waals surface area contributed by atoms with Crippen LogP contribution in [-0.4, -0.2) is 16.7 Å². The summed E-state index contributed by atoms with van der Waals surface area (Å²) in [6.07, 6.45) is 1.42. The first-order chi connectivity index (χ1) is 8.07. The van der Waals surface area contributed by atoms with Gasteiger partial charge in [-0.05, 0) is 19.4 Å². The van der Waals surface area contributed by atoms with Gasteiger partial charge in [0, 0.05) is 16.7 Å². The topological polar surface area (TPSA) is 54.4 Å². The van der Waals surface area contributed by atoms with E-state index in [2.05, 4.69) is 0 Å². The lowest BCUT2D eigenvalue weighted by Gasteiger charge is -2.19. The summed E-state index contributed by atoms with van der Waals surface area (Å²) in [4.78, 5) is 24.3. The van der Waals surface area contributed by atoms with Gasteiger partial charge in [0.1, 0.15) is 5.75 Å². The van der Waals surface area contributed by atoms with Crippen LogP contribution in [0.4, 0.5) is 0 Å². The van der Waals surface area contributed by atoms with Crippen molar-refractivity contribution < 1.29 is 14.7 Å². The van der Waals surface area contributed by atoms with E-state index < -0.39 is 0 Å². The lowest BCUT2D eigenvalue weighted by Crippen LogP contribution is -2.21. The van der Waals surface area contributed by atoms with Crippen molar-refractivity contribution in [2.24, 2.45) is 0 Å².